The second-order valence-electron chi connectivity index (χ2n) is 6.70. The van der Waals surface area contributed by atoms with Gasteiger partial charge in [-0.2, -0.15) is 5.10 Å². The molecule has 1 N–H and O–H groups in total. The first-order valence-electron chi connectivity index (χ1n) is 9.23. The van der Waals surface area contributed by atoms with Gasteiger partial charge in [0.25, 0.3) is 0 Å². The van der Waals surface area contributed by atoms with Gasteiger partial charge in [0.1, 0.15) is 17.7 Å². The van der Waals surface area contributed by atoms with E-state index < -0.39 is 12.0 Å². The van der Waals surface area contributed by atoms with Gasteiger partial charge in [-0.25, -0.2) is 13.9 Å². The number of fused-ring (bicyclic) bond motifs is 1. The lowest BCUT2D eigenvalue weighted by Crippen LogP contribution is -2.29. The fourth-order valence-corrected chi connectivity index (χ4v) is 3.65. The number of allylic oxidation sites excluding steroid dienone is 1. The molecule has 0 aliphatic carbocycles. The van der Waals surface area contributed by atoms with Crippen LogP contribution in [0.4, 0.5) is 10.2 Å². The molecule has 2 heterocycles. The van der Waals surface area contributed by atoms with Crippen molar-refractivity contribution >= 4 is 23.4 Å². The van der Waals surface area contributed by atoms with Crippen LogP contribution in [0.1, 0.15) is 25.5 Å². The van der Waals surface area contributed by atoms with E-state index in [0.717, 1.165) is 22.5 Å². The fraction of sp³-hybridized carbons (Fsp3) is 0.182. The number of nitrogens with one attached hydrogen (secondary N) is 1. The smallest absolute Gasteiger partial charge is 0.338 e. The van der Waals surface area contributed by atoms with Gasteiger partial charge in [0.15, 0.2) is 0 Å². The minimum Gasteiger partial charge on any atom is -0.463 e. The highest BCUT2D eigenvalue weighted by atomic mass is 35.5. The normalized spacial score (nSPS) is 15.7. The molecule has 3 aromatic rings. The first-order valence-corrected chi connectivity index (χ1v) is 9.61. The number of nitrogens with zero attached hydrogens (tertiary/aromatic N) is 2. The minimum absolute atomic E-state index is 0.258. The van der Waals surface area contributed by atoms with Crippen LogP contribution in [0.25, 0.3) is 11.1 Å². The molecule has 1 unspecified atom stereocenters. The quantitative estimate of drug-likeness (QED) is 0.600. The monoisotopic (exact) mass is 411 g/mol. The van der Waals surface area contributed by atoms with Crippen molar-refractivity contribution in [2.24, 2.45) is 0 Å². The van der Waals surface area contributed by atoms with Gasteiger partial charge in [0, 0.05) is 16.3 Å². The number of esters is 1. The number of ether oxygens (including phenoxy) is 1. The van der Waals surface area contributed by atoms with Crippen LogP contribution in [0.15, 0.2) is 66.0 Å². The molecule has 0 radical (unpaired) electrons. The van der Waals surface area contributed by atoms with E-state index in [4.69, 9.17) is 16.3 Å². The van der Waals surface area contributed by atoms with Crippen LogP contribution in [0.2, 0.25) is 5.02 Å². The molecule has 29 heavy (non-hydrogen) atoms. The summed E-state index contributed by atoms with van der Waals surface area (Å²) < 4.78 is 20.5. The van der Waals surface area contributed by atoms with E-state index in [9.17, 15) is 9.18 Å². The number of benzene rings is 2. The van der Waals surface area contributed by atoms with Crippen LogP contribution in [0, 0.1) is 5.82 Å². The van der Waals surface area contributed by atoms with Crippen molar-refractivity contribution in [1.82, 2.24) is 9.78 Å². The molecule has 0 amide bonds. The lowest BCUT2D eigenvalue weighted by molar-refractivity contribution is -0.139. The van der Waals surface area contributed by atoms with Crippen LogP contribution < -0.4 is 5.32 Å². The summed E-state index contributed by atoms with van der Waals surface area (Å²) in [4.78, 5) is 12.7. The van der Waals surface area contributed by atoms with Crippen molar-refractivity contribution in [1.29, 1.82) is 0 Å². The van der Waals surface area contributed by atoms with Gasteiger partial charge in [0.2, 0.25) is 0 Å². The number of hydrogen-bond acceptors (Lipinski definition) is 4. The lowest BCUT2D eigenvalue weighted by atomic mass is 9.95. The summed E-state index contributed by atoms with van der Waals surface area (Å²) in [6.07, 6.45) is 1.74. The van der Waals surface area contributed by atoms with Gasteiger partial charge in [-0.15, -0.1) is 0 Å². The summed E-state index contributed by atoms with van der Waals surface area (Å²) in [6.45, 7) is 3.84. The van der Waals surface area contributed by atoms with Crippen LogP contribution in [-0.2, 0) is 9.53 Å². The Labute approximate surface area is 172 Å². The molecule has 7 heteroatoms. The molecule has 0 spiro atoms. The first-order chi connectivity index (χ1) is 14.0. The second-order valence-corrected chi connectivity index (χ2v) is 7.13. The molecule has 0 saturated carbocycles. The molecule has 4 rings (SSSR count). The van der Waals surface area contributed by atoms with Gasteiger partial charge in [-0.1, -0.05) is 35.9 Å². The summed E-state index contributed by atoms with van der Waals surface area (Å²) in [7, 11) is 0. The Morgan fingerprint density at radius 3 is 2.55 bits per heavy atom. The van der Waals surface area contributed by atoms with E-state index in [1.54, 1.807) is 29.9 Å². The van der Waals surface area contributed by atoms with Gasteiger partial charge < -0.3 is 10.1 Å². The number of carbonyl (C=O) groups is 1. The Hall–Kier alpha value is -3.12. The average Bonchev–Trinajstić information content (AvgIpc) is 3.12. The van der Waals surface area contributed by atoms with Crippen molar-refractivity contribution in [3.63, 3.8) is 0 Å². The molecule has 1 aliphatic heterocycles. The van der Waals surface area contributed by atoms with Crippen LogP contribution >= 0.6 is 11.6 Å². The zero-order chi connectivity index (χ0) is 20.5. The molecule has 1 aliphatic rings. The maximum absolute atomic E-state index is 13.5. The van der Waals surface area contributed by atoms with E-state index in [0.29, 0.717) is 16.3 Å². The zero-order valence-electron chi connectivity index (χ0n) is 15.9. The second kappa shape index (κ2) is 7.72. The Morgan fingerprint density at radius 1 is 1.21 bits per heavy atom. The highest BCUT2D eigenvalue weighted by Crippen LogP contribution is 2.40. The minimum atomic E-state index is -0.535. The third-order valence-corrected chi connectivity index (χ3v) is 5.11. The first kappa shape index (κ1) is 19.2. The Bertz CT molecular complexity index is 1090. The highest BCUT2D eigenvalue weighted by Gasteiger charge is 2.35. The molecule has 5 nitrogen and oxygen atoms in total. The van der Waals surface area contributed by atoms with Crippen LogP contribution in [-0.4, -0.2) is 22.4 Å². The molecule has 2 aromatic carbocycles. The summed E-state index contributed by atoms with van der Waals surface area (Å²) in [5.41, 5.74) is 3.66. The van der Waals surface area contributed by atoms with Crippen molar-refractivity contribution in [3.8, 4) is 11.1 Å². The average molecular weight is 412 g/mol. The molecule has 0 saturated heterocycles. The summed E-state index contributed by atoms with van der Waals surface area (Å²) in [5.74, 6) is -0.0307. The van der Waals surface area contributed by atoms with Gasteiger partial charge in [-0.3, -0.25) is 0 Å². The van der Waals surface area contributed by atoms with Crippen molar-refractivity contribution < 1.29 is 13.9 Å². The standard InChI is InChI=1S/C22H19ClFN3O2/c1-3-29-22(28)19-13(2)26-21-18(14-4-8-16(23)9-5-14)12-25-27(21)20(19)15-6-10-17(24)11-7-15/h4-12,20,26H,3H2,1-2H3. The third kappa shape index (κ3) is 3.51. The van der Waals surface area contributed by atoms with E-state index in [1.165, 1.54) is 12.1 Å². The Kier molecular flexibility index (Phi) is 5.11. The van der Waals surface area contributed by atoms with E-state index in [1.807, 2.05) is 31.2 Å². The maximum Gasteiger partial charge on any atom is 0.338 e. The Balaban J connectivity index is 1.87. The van der Waals surface area contributed by atoms with E-state index >= 15 is 0 Å². The number of hydrogen-bond donors (Lipinski definition) is 1. The van der Waals surface area contributed by atoms with Crippen molar-refractivity contribution in [2.75, 3.05) is 11.9 Å². The predicted octanol–water partition coefficient (Wildman–Crippen LogP) is 5.19. The number of aromatic nitrogens is 2. The van der Waals surface area contributed by atoms with E-state index in [-0.39, 0.29) is 12.4 Å². The summed E-state index contributed by atoms with van der Waals surface area (Å²) in [5, 5.41) is 8.49. The number of rotatable bonds is 4. The number of halogens is 2. The largest absolute Gasteiger partial charge is 0.463 e. The van der Waals surface area contributed by atoms with Gasteiger partial charge >= 0.3 is 5.97 Å². The fourth-order valence-electron chi connectivity index (χ4n) is 3.52. The Morgan fingerprint density at radius 2 is 1.90 bits per heavy atom. The van der Waals surface area contributed by atoms with Crippen molar-refractivity contribution in [3.05, 3.63) is 82.4 Å². The lowest BCUT2D eigenvalue weighted by Gasteiger charge is -2.29. The predicted molar refractivity (Wildman–Crippen MR) is 110 cm³/mol. The SMILES string of the molecule is CCOC(=O)C1=C(C)Nc2c(-c3ccc(Cl)cc3)cnn2C1c1ccc(F)cc1. The number of anilines is 1. The highest BCUT2D eigenvalue weighted by molar-refractivity contribution is 6.30. The summed E-state index contributed by atoms with van der Waals surface area (Å²) in [6, 6.07) is 13.0. The van der Waals surface area contributed by atoms with Gasteiger partial charge in [-0.05, 0) is 49.2 Å². The molecule has 148 valence electrons. The molecule has 1 aromatic heterocycles. The van der Waals surface area contributed by atoms with E-state index in [2.05, 4.69) is 10.4 Å². The third-order valence-electron chi connectivity index (χ3n) is 4.86. The maximum atomic E-state index is 13.5. The molecule has 0 fully saturated rings. The van der Waals surface area contributed by atoms with Crippen LogP contribution in [0.5, 0.6) is 0 Å². The number of carbonyl (C=O) groups excluding carboxylic acids is 1. The summed E-state index contributed by atoms with van der Waals surface area (Å²) >= 11 is 6.01. The molecule has 1 atom stereocenters. The molecular formula is C22H19ClFN3O2. The molecular weight excluding hydrogens is 393 g/mol. The zero-order valence-corrected chi connectivity index (χ0v) is 16.7. The topological polar surface area (TPSA) is 56.1 Å². The van der Waals surface area contributed by atoms with Crippen LogP contribution in [0.3, 0.4) is 0 Å². The molecule has 0 bridgehead atoms. The van der Waals surface area contributed by atoms with Gasteiger partial charge in [0.05, 0.1) is 18.4 Å². The van der Waals surface area contributed by atoms with Crippen molar-refractivity contribution in [2.45, 2.75) is 19.9 Å².